The molecule has 0 atom stereocenters. The predicted molar refractivity (Wildman–Crippen MR) is 92.3 cm³/mol. The molecule has 1 radical (unpaired) electrons. The summed E-state index contributed by atoms with van der Waals surface area (Å²) in [5, 5.41) is 0. The van der Waals surface area contributed by atoms with E-state index in [4.69, 9.17) is 0 Å². The summed E-state index contributed by atoms with van der Waals surface area (Å²) in [4.78, 5) is 28.3. The molecule has 0 fully saturated rings. The Kier molecular flexibility index (Phi) is 8.10. The van der Waals surface area contributed by atoms with E-state index in [9.17, 15) is 4.79 Å². The fraction of sp³-hybridized carbons (Fsp3) is 0.562. The number of hydrogen-bond donors (Lipinski definition) is 0. The molecule has 0 amide bonds. The van der Waals surface area contributed by atoms with E-state index < -0.39 is 0 Å². The predicted octanol–water partition coefficient (Wildman–Crippen LogP) is 2.66. The van der Waals surface area contributed by atoms with Gasteiger partial charge in [0.15, 0.2) is 5.82 Å². The first-order valence-corrected chi connectivity index (χ1v) is 7.84. The second kappa shape index (κ2) is 9.87. The van der Waals surface area contributed by atoms with E-state index in [0.717, 1.165) is 37.9 Å². The van der Waals surface area contributed by atoms with Crippen LogP contribution in [0.15, 0.2) is 11.2 Å². The summed E-state index contributed by atoms with van der Waals surface area (Å²) >= 11 is 0. The Hall–Kier alpha value is -1.98. The Balaban J connectivity index is 3.21. The number of aromatic nitrogens is 2. The van der Waals surface area contributed by atoms with Crippen molar-refractivity contribution in [1.29, 1.82) is 0 Å². The molecule has 0 unspecified atom stereocenters. The van der Waals surface area contributed by atoms with E-state index in [1.807, 2.05) is 18.0 Å². The van der Waals surface area contributed by atoms with E-state index >= 15 is 0 Å². The van der Waals surface area contributed by atoms with Crippen molar-refractivity contribution in [3.8, 4) is 0 Å². The van der Waals surface area contributed by atoms with Gasteiger partial charge >= 0.3 is 0 Å². The fourth-order valence-electron chi connectivity index (χ4n) is 2.06. The summed E-state index contributed by atoms with van der Waals surface area (Å²) in [7, 11) is 0. The molecule has 0 saturated carbocycles. The normalized spacial score (nSPS) is 10.9. The quantitative estimate of drug-likeness (QED) is 0.491. The van der Waals surface area contributed by atoms with Crippen LogP contribution in [0.5, 0.6) is 0 Å². The Morgan fingerprint density at radius 3 is 2.45 bits per heavy atom. The molecule has 0 aliphatic heterocycles. The SMILES string of the molecule is [CH2]CCC=Nc1nc(N(CC)CC)ncc1N(CC)CC=O. The molecule has 0 N–H and O–H groups in total. The second-order valence-corrected chi connectivity index (χ2v) is 4.71. The van der Waals surface area contributed by atoms with Gasteiger partial charge in [-0.05, 0) is 33.6 Å². The number of carbonyl (C=O) groups excluding carboxylic acids is 1. The van der Waals surface area contributed by atoms with Crippen LogP contribution in [0.2, 0.25) is 0 Å². The zero-order valence-corrected chi connectivity index (χ0v) is 13.8. The van der Waals surface area contributed by atoms with Gasteiger partial charge in [-0.1, -0.05) is 6.92 Å². The van der Waals surface area contributed by atoms with Crippen LogP contribution in [0.4, 0.5) is 17.5 Å². The molecule has 1 aromatic rings. The van der Waals surface area contributed by atoms with Crippen molar-refractivity contribution >= 4 is 30.0 Å². The van der Waals surface area contributed by atoms with Crippen LogP contribution in [0, 0.1) is 6.92 Å². The number of unbranched alkanes of at least 4 members (excludes halogenated alkanes) is 1. The molecule has 121 valence electrons. The molecule has 1 heterocycles. The fourth-order valence-corrected chi connectivity index (χ4v) is 2.06. The summed E-state index contributed by atoms with van der Waals surface area (Å²) < 4.78 is 0. The van der Waals surface area contributed by atoms with Crippen LogP contribution in [-0.2, 0) is 4.79 Å². The van der Waals surface area contributed by atoms with Crippen LogP contribution < -0.4 is 9.80 Å². The number of carbonyl (C=O) groups is 1. The summed E-state index contributed by atoms with van der Waals surface area (Å²) in [5.41, 5.74) is 0.783. The molecule has 0 aliphatic rings. The minimum Gasteiger partial charge on any atom is -0.360 e. The van der Waals surface area contributed by atoms with Crippen LogP contribution in [0.1, 0.15) is 33.6 Å². The number of hydrogen-bond acceptors (Lipinski definition) is 6. The van der Waals surface area contributed by atoms with Gasteiger partial charge < -0.3 is 14.6 Å². The zero-order chi connectivity index (χ0) is 16.4. The summed E-state index contributed by atoms with van der Waals surface area (Å²) in [6.07, 6.45) is 6.04. The molecule has 1 rings (SSSR count). The van der Waals surface area contributed by atoms with E-state index in [2.05, 4.69) is 40.6 Å². The van der Waals surface area contributed by atoms with Crippen LogP contribution in [0.3, 0.4) is 0 Å². The lowest BCUT2D eigenvalue weighted by atomic mass is 10.3. The highest BCUT2D eigenvalue weighted by Gasteiger charge is 2.14. The van der Waals surface area contributed by atoms with Gasteiger partial charge in [0, 0.05) is 25.8 Å². The number of rotatable bonds is 10. The topological polar surface area (TPSA) is 61.7 Å². The van der Waals surface area contributed by atoms with Gasteiger partial charge in [-0.2, -0.15) is 4.98 Å². The lowest BCUT2D eigenvalue weighted by molar-refractivity contribution is -0.106. The summed E-state index contributed by atoms with van der Waals surface area (Å²) in [6.45, 7) is 12.6. The summed E-state index contributed by atoms with van der Waals surface area (Å²) in [6, 6.07) is 0. The Morgan fingerprint density at radius 2 is 1.91 bits per heavy atom. The van der Waals surface area contributed by atoms with Gasteiger partial charge in [-0.15, -0.1) is 0 Å². The largest absolute Gasteiger partial charge is 0.360 e. The molecule has 1 aromatic heterocycles. The number of anilines is 2. The minimum atomic E-state index is 0.308. The maximum atomic E-state index is 10.8. The third kappa shape index (κ3) is 4.79. The molecule has 0 saturated heterocycles. The number of aldehydes is 1. The van der Waals surface area contributed by atoms with E-state index in [1.165, 1.54) is 0 Å². The standard InChI is InChI=1S/C16H26N5O/c1-5-9-10-17-15-14(21(8-4)11-12-22)13-18-16(19-15)20(6-2)7-3/h10,12-13H,1,5-9,11H2,2-4H3. The first-order chi connectivity index (χ1) is 10.7. The average Bonchev–Trinajstić information content (AvgIpc) is 2.54. The minimum absolute atomic E-state index is 0.308. The highest BCUT2D eigenvalue weighted by atomic mass is 16.1. The molecule has 0 bridgehead atoms. The van der Waals surface area contributed by atoms with E-state index in [0.29, 0.717) is 24.9 Å². The van der Waals surface area contributed by atoms with Crippen LogP contribution in [0.25, 0.3) is 0 Å². The Morgan fingerprint density at radius 1 is 1.23 bits per heavy atom. The van der Waals surface area contributed by atoms with Crippen molar-refractivity contribution in [2.45, 2.75) is 33.6 Å². The molecule has 6 heteroatoms. The van der Waals surface area contributed by atoms with Crippen molar-refractivity contribution in [2.75, 3.05) is 36.0 Å². The van der Waals surface area contributed by atoms with Crippen molar-refractivity contribution in [3.05, 3.63) is 13.1 Å². The lowest BCUT2D eigenvalue weighted by Gasteiger charge is -2.23. The van der Waals surface area contributed by atoms with Gasteiger partial charge in [0.1, 0.15) is 12.0 Å². The molecular formula is C16H26N5O. The molecule has 0 spiro atoms. The third-order valence-corrected chi connectivity index (χ3v) is 3.35. The van der Waals surface area contributed by atoms with Gasteiger partial charge in [-0.25, -0.2) is 9.98 Å². The lowest BCUT2D eigenvalue weighted by Crippen LogP contribution is -2.27. The van der Waals surface area contributed by atoms with Crippen LogP contribution in [-0.4, -0.2) is 48.6 Å². The summed E-state index contributed by atoms with van der Waals surface area (Å²) in [5.74, 6) is 1.27. The second-order valence-electron chi connectivity index (χ2n) is 4.71. The smallest absolute Gasteiger partial charge is 0.227 e. The number of aliphatic imine (C=N–C) groups is 1. The van der Waals surface area contributed by atoms with Crippen LogP contribution >= 0.6 is 0 Å². The first-order valence-electron chi connectivity index (χ1n) is 7.84. The van der Waals surface area contributed by atoms with Crippen molar-refractivity contribution < 1.29 is 4.79 Å². The Bertz CT molecular complexity index is 485. The maximum absolute atomic E-state index is 10.8. The average molecular weight is 304 g/mol. The number of likely N-dealkylation sites (N-methyl/N-ethyl adjacent to an activating group) is 1. The Labute approximate surface area is 133 Å². The first kappa shape index (κ1) is 18.1. The maximum Gasteiger partial charge on any atom is 0.227 e. The van der Waals surface area contributed by atoms with E-state index in [-0.39, 0.29) is 0 Å². The molecule has 0 aliphatic carbocycles. The highest BCUT2D eigenvalue weighted by Crippen LogP contribution is 2.27. The molecular weight excluding hydrogens is 278 g/mol. The van der Waals surface area contributed by atoms with Gasteiger partial charge in [0.2, 0.25) is 5.95 Å². The van der Waals surface area contributed by atoms with Crippen molar-refractivity contribution in [2.24, 2.45) is 4.99 Å². The molecule has 22 heavy (non-hydrogen) atoms. The van der Waals surface area contributed by atoms with E-state index in [1.54, 1.807) is 6.20 Å². The highest BCUT2D eigenvalue weighted by molar-refractivity contribution is 5.73. The zero-order valence-electron chi connectivity index (χ0n) is 13.8. The van der Waals surface area contributed by atoms with Crippen molar-refractivity contribution in [3.63, 3.8) is 0 Å². The third-order valence-electron chi connectivity index (χ3n) is 3.35. The molecule has 0 aromatic carbocycles. The molecule has 6 nitrogen and oxygen atoms in total. The van der Waals surface area contributed by atoms with Crippen molar-refractivity contribution in [1.82, 2.24) is 9.97 Å². The number of nitrogens with zero attached hydrogens (tertiary/aromatic N) is 5. The van der Waals surface area contributed by atoms with Gasteiger partial charge in [0.25, 0.3) is 0 Å². The van der Waals surface area contributed by atoms with Gasteiger partial charge in [0.05, 0.1) is 12.7 Å². The monoisotopic (exact) mass is 304 g/mol. The van der Waals surface area contributed by atoms with Gasteiger partial charge in [-0.3, -0.25) is 0 Å².